The third-order valence-electron chi connectivity index (χ3n) is 1.97. The van der Waals surface area contributed by atoms with E-state index in [4.69, 9.17) is 12.2 Å². The van der Waals surface area contributed by atoms with Crippen LogP contribution in [-0.4, -0.2) is 27.3 Å². The molecular formula is C10H18N4S. The topological polar surface area (TPSA) is 41.9 Å². The van der Waals surface area contributed by atoms with Crippen molar-refractivity contribution in [1.82, 2.24) is 20.2 Å². The first-order valence-electron chi connectivity index (χ1n) is 5.10. The Morgan fingerprint density at radius 3 is 2.87 bits per heavy atom. The van der Waals surface area contributed by atoms with Crippen LogP contribution in [0, 0.1) is 0 Å². The van der Waals surface area contributed by atoms with Gasteiger partial charge >= 0.3 is 0 Å². The normalized spacial score (nSPS) is 10.4. The second-order valence-electron chi connectivity index (χ2n) is 3.76. The predicted molar refractivity (Wildman–Crippen MR) is 65.8 cm³/mol. The zero-order chi connectivity index (χ0) is 11.3. The van der Waals surface area contributed by atoms with Gasteiger partial charge in [-0.2, -0.15) is 0 Å². The fourth-order valence-corrected chi connectivity index (χ4v) is 1.58. The van der Waals surface area contributed by atoms with Gasteiger partial charge < -0.3 is 15.2 Å². The smallest absolute Gasteiger partial charge is 0.166 e. The maximum Gasteiger partial charge on any atom is 0.166 e. The number of imidazole rings is 1. The first-order valence-corrected chi connectivity index (χ1v) is 5.51. The Hall–Kier alpha value is -1.10. The summed E-state index contributed by atoms with van der Waals surface area (Å²) >= 11 is 5.11. The van der Waals surface area contributed by atoms with Crippen molar-refractivity contribution < 1.29 is 0 Å². The van der Waals surface area contributed by atoms with Crippen LogP contribution in [0.15, 0.2) is 12.4 Å². The second-order valence-corrected chi connectivity index (χ2v) is 4.17. The van der Waals surface area contributed by atoms with Crippen LogP contribution in [-0.2, 0) is 13.5 Å². The predicted octanol–water partition coefficient (Wildman–Crippen LogP) is 0.835. The number of aromatic nitrogens is 2. The minimum atomic E-state index is 0.373. The number of aryl methyl sites for hydroxylation is 1. The summed E-state index contributed by atoms with van der Waals surface area (Å²) in [6.45, 7) is 4.93. The highest BCUT2D eigenvalue weighted by Crippen LogP contribution is 1.93. The zero-order valence-electron chi connectivity index (χ0n) is 9.45. The molecule has 0 saturated carbocycles. The van der Waals surface area contributed by atoms with Gasteiger partial charge in [0.2, 0.25) is 0 Å². The van der Waals surface area contributed by atoms with Gasteiger partial charge in [0.05, 0.1) is 0 Å². The van der Waals surface area contributed by atoms with E-state index in [1.807, 2.05) is 17.8 Å². The van der Waals surface area contributed by atoms with Crippen molar-refractivity contribution >= 4 is 17.3 Å². The molecule has 15 heavy (non-hydrogen) atoms. The van der Waals surface area contributed by atoms with E-state index < -0.39 is 0 Å². The molecule has 0 aliphatic carbocycles. The van der Waals surface area contributed by atoms with E-state index in [2.05, 4.69) is 29.5 Å². The molecule has 1 rings (SSSR count). The lowest BCUT2D eigenvalue weighted by Gasteiger charge is -2.12. The molecule has 84 valence electrons. The van der Waals surface area contributed by atoms with E-state index in [1.165, 1.54) is 0 Å². The van der Waals surface area contributed by atoms with Crippen molar-refractivity contribution in [2.75, 3.05) is 6.54 Å². The van der Waals surface area contributed by atoms with E-state index in [9.17, 15) is 0 Å². The fourth-order valence-electron chi connectivity index (χ4n) is 1.24. The molecule has 0 aliphatic rings. The van der Waals surface area contributed by atoms with Crippen molar-refractivity contribution in [3.63, 3.8) is 0 Å². The first-order chi connectivity index (χ1) is 7.09. The summed E-state index contributed by atoms with van der Waals surface area (Å²) in [7, 11) is 1.99. The lowest BCUT2D eigenvalue weighted by atomic mass is 10.4. The average Bonchev–Trinajstić information content (AvgIpc) is 2.50. The largest absolute Gasteiger partial charge is 0.362 e. The van der Waals surface area contributed by atoms with Gasteiger partial charge in [-0.3, -0.25) is 0 Å². The lowest BCUT2D eigenvalue weighted by molar-refractivity contribution is 0.698. The van der Waals surface area contributed by atoms with Crippen LogP contribution in [0.5, 0.6) is 0 Å². The van der Waals surface area contributed by atoms with Crippen molar-refractivity contribution in [3.05, 3.63) is 18.2 Å². The maximum atomic E-state index is 5.11. The quantitative estimate of drug-likeness (QED) is 0.747. The molecule has 0 aromatic carbocycles. The van der Waals surface area contributed by atoms with Crippen LogP contribution < -0.4 is 10.6 Å². The van der Waals surface area contributed by atoms with Gasteiger partial charge in [0.15, 0.2) is 5.11 Å². The molecule has 0 bridgehead atoms. The summed E-state index contributed by atoms with van der Waals surface area (Å²) < 4.78 is 2.01. The molecule has 1 aromatic heterocycles. The summed E-state index contributed by atoms with van der Waals surface area (Å²) in [5.41, 5.74) is 0. The van der Waals surface area contributed by atoms with Gasteiger partial charge in [-0.15, -0.1) is 0 Å². The maximum absolute atomic E-state index is 5.11. The van der Waals surface area contributed by atoms with Gasteiger partial charge in [0.1, 0.15) is 5.82 Å². The number of nitrogens with one attached hydrogen (secondary N) is 2. The zero-order valence-corrected chi connectivity index (χ0v) is 10.3. The van der Waals surface area contributed by atoms with Gasteiger partial charge in [-0.1, -0.05) is 0 Å². The molecule has 0 amide bonds. The Morgan fingerprint density at radius 1 is 1.60 bits per heavy atom. The second kappa shape index (κ2) is 5.70. The van der Waals surface area contributed by atoms with E-state index in [1.54, 1.807) is 6.20 Å². The number of rotatable bonds is 4. The molecule has 2 N–H and O–H groups in total. The fraction of sp³-hybridized carbons (Fsp3) is 0.600. The van der Waals surface area contributed by atoms with E-state index in [0.29, 0.717) is 11.2 Å². The highest BCUT2D eigenvalue weighted by Gasteiger charge is 2.00. The van der Waals surface area contributed by atoms with Gasteiger partial charge in [-0.25, -0.2) is 4.98 Å². The highest BCUT2D eigenvalue weighted by molar-refractivity contribution is 7.80. The first kappa shape index (κ1) is 12.0. The van der Waals surface area contributed by atoms with Crippen molar-refractivity contribution in [2.24, 2.45) is 7.05 Å². The Morgan fingerprint density at radius 2 is 2.33 bits per heavy atom. The van der Waals surface area contributed by atoms with Crippen molar-refractivity contribution in [1.29, 1.82) is 0 Å². The van der Waals surface area contributed by atoms with Crippen molar-refractivity contribution in [3.8, 4) is 0 Å². The summed E-state index contributed by atoms with van der Waals surface area (Å²) in [6, 6.07) is 0.373. The SMILES string of the molecule is CC(C)NC(=S)NCCc1nccn1C. The molecule has 0 atom stereocenters. The molecule has 0 aliphatic heterocycles. The molecule has 0 radical (unpaired) electrons. The number of nitrogens with zero attached hydrogens (tertiary/aromatic N) is 2. The molecule has 4 nitrogen and oxygen atoms in total. The van der Waals surface area contributed by atoms with Gasteiger partial charge in [0.25, 0.3) is 0 Å². The molecule has 1 heterocycles. The van der Waals surface area contributed by atoms with Crippen LogP contribution in [0.1, 0.15) is 19.7 Å². The molecule has 0 unspecified atom stereocenters. The number of thiocarbonyl (C=S) groups is 1. The Bertz CT molecular complexity index is 319. The van der Waals surface area contributed by atoms with Crippen LogP contribution in [0.3, 0.4) is 0 Å². The monoisotopic (exact) mass is 226 g/mol. The molecule has 0 fully saturated rings. The van der Waals surface area contributed by atoms with Crippen LogP contribution in [0.4, 0.5) is 0 Å². The molecule has 0 spiro atoms. The highest BCUT2D eigenvalue weighted by atomic mass is 32.1. The Labute approximate surface area is 96.1 Å². The van der Waals surface area contributed by atoms with E-state index in [-0.39, 0.29) is 0 Å². The lowest BCUT2D eigenvalue weighted by Crippen LogP contribution is -2.40. The summed E-state index contributed by atoms with van der Waals surface area (Å²) in [5.74, 6) is 1.06. The molecular weight excluding hydrogens is 208 g/mol. The summed E-state index contributed by atoms with van der Waals surface area (Å²) in [6.07, 6.45) is 4.63. The molecule has 1 aromatic rings. The third-order valence-corrected chi connectivity index (χ3v) is 2.24. The minimum Gasteiger partial charge on any atom is -0.362 e. The van der Waals surface area contributed by atoms with E-state index >= 15 is 0 Å². The van der Waals surface area contributed by atoms with Crippen molar-refractivity contribution in [2.45, 2.75) is 26.3 Å². The van der Waals surface area contributed by atoms with Crippen LogP contribution in [0.25, 0.3) is 0 Å². The number of hydrogen-bond acceptors (Lipinski definition) is 2. The molecule has 0 saturated heterocycles. The summed E-state index contributed by atoms with van der Waals surface area (Å²) in [4.78, 5) is 4.23. The number of hydrogen-bond donors (Lipinski definition) is 2. The standard InChI is InChI=1S/C10H18N4S/c1-8(2)13-10(15)12-5-4-9-11-6-7-14(9)3/h6-8H,4-5H2,1-3H3,(H2,12,13,15). The van der Waals surface area contributed by atoms with Crippen LogP contribution >= 0.6 is 12.2 Å². The summed E-state index contributed by atoms with van der Waals surface area (Å²) in [5, 5.41) is 6.98. The minimum absolute atomic E-state index is 0.373. The molecule has 5 heteroatoms. The Balaban J connectivity index is 2.22. The van der Waals surface area contributed by atoms with Gasteiger partial charge in [0, 0.05) is 38.4 Å². The van der Waals surface area contributed by atoms with E-state index in [0.717, 1.165) is 18.8 Å². The van der Waals surface area contributed by atoms with Crippen LogP contribution in [0.2, 0.25) is 0 Å². The average molecular weight is 226 g/mol. The Kier molecular flexibility index (Phi) is 4.55. The van der Waals surface area contributed by atoms with Gasteiger partial charge in [-0.05, 0) is 26.1 Å². The third kappa shape index (κ3) is 4.29.